The molecule has 0 aliphatic carbocycles. The summed E-state index contributed by atoms with van der Waals surface area (Å²) < 4.78 is 19.6. The molecule has 0 radical (unpaired) electrons. The van der Waals surface area contributed by atoms with E-state index in [2.05, 4.69) is 37.0 Å². The lowest BCUT2D eigenvalue weighted by molar-refractivity contribution is -0.114. The average Bonchev–Trinajstić information content (AvgIpc) is 3.26. The van der Waals surface area contributed by atoms with Gasteiger partial charge in [-0.25, -0.2) is 0 Å². The Hall–Kier alpha value is -3.88. The summed E-state index contributed by atoms with van der Waals surface area (Å²) in [5.74, 6) is 1.85. The van der Waals surface area contributed by atoms with Crippen molar-refractivity contribution in [1.82, 2.24) is 0 Å². The smallest absolute Gasteiger partial charge is 0.280 e. The van der Waals surface area contributed by atoms with Gasteiger partial charge in [0.25, 0.3) is 5.91 Å². The molecule has 1 aliphatic rings. The quantitative estimate of drug-likeness (QED) is 0.158. The van der Waals surface area contributed by atoms with Gasteiger partial charge in [-0.05, 0) is 105 Å². The summed E-state index contributed by atoms with van der Waals surface area (Å²) in [6, 6.07) is 29.1. The Bertz CT molecular complexity index is 1580. The van der Waals surface area contributed by atoms with Crippen LogP contribution in [0.1, 0.15) is 30.5 Å². The molecular formula is C33H28Br2N2O4. The first-order valence-corrected chi connectivity index (χ1v) is 14.7. The van der Waals surface area contributed by atoms with E-state index in [0.717, 1.165) is 31.3 Å². The van der Waals surface area contributed by atoms with Crippen LogP contribution in [0.25, 0.3) is 6.08 Å². The van der Waals surface area contributed by atoms with Crippen LogP contribution in [0.15, 0.2) is 111 Å². The van der Waals surface area contributed by atoms with Crippen LogP contribution in [0.5, 0.6) is 17.2 Å². The van der Waals surface area contributed by atoms with Crippen LogP contribution < -0.4 is 19.2 Å². The van der Waals surface area contributed by atoms with E-state index in [0.29, 0.717) is 48.4 Å². The predicted octanol–water partition coefficient (Wildman–Crippen LogP) is 8.57. The first kappa shape index (κ1) is 28.6. The van der Waals surface area contributed by atoms with Gasteiger partial charge in [0, 0.05) is 0 Å². The molecule has 208 valence electrons. The maximum absolute atomic E-state index is 13.1. The second kappa shape index (κ2) is 13.2. The topological polar surface area (TPSA) is 60.4 Å². The van der Waals surface area contributed by atoms with Gasteiger partial charge in [-0.2, -0.15) is 10.1 Å². The zero-order chi connectivity index (χ0) is 28.8. The Morgan fingerprint density at radius 1 is 0.780 bits per heavy atom. The fourth-order valence-electron chi connectivity index (χ4n) is 4.32. The van der Waals surface area contributed by atoms with Crippen LogP contribution in [0.4, 0.5) is 5.69 Å². The van der Waals surface area contributed by atoms with Crippen LogP contribution in [0, 0.1) is 0 Å². The number of hydrogen-bond acceptors (Lipinski definition) is 5. The van der Waals surface area contributed by atoms with Crippen molar-refractivity contribution in [1.29, 1.82) is 0 Å². The maximum atomic E-state index is 13.1. The lowest BCUT2D eigenvalue weighted by atomic mass is 10.1. The number of halogens is 2. The Morgan fingerprint density at radius 3 is 2.12 bits per heavy atom. The van der Waals surface area contributed by atoms with E-state index < -0.39 is 0 Å². The van der Waals surface area contributed by atoms with E-state index in [1.54, 1.807) is 0 Å². The second-order valence-corrected chi connectivity index (χ2v) is 11.0. The Balaban J connectivity index is 1.28. The molecule has 1 aliphatic heterocycles. The number of carbonyl (C=O) groups is 1. The van der Waals surface area contributed by atoms with Gasteiger partial charge in [0.2, 0.25) is 0 Å². The van der Waals surface area contributed by atoms with Crippen LogP contribution in [0.2, 0.25) is 0 Å². The molecule has 0 saturated carbocycles. The van der Waals surface area contributed by atoms with Crippen molar-refractivity contribution in [2.45, 2.75) is 27.1 Å². The summed E-state index contributed by atoms with van der Waals surface area (Å²) in [4.78, 5) is 13.1. The second-order valence-electron chi connectivity index (χ2n) is 9.29. The molecule has 0 unspecified atom stereocenters. The molecule has 0 fully saturated rings. The van der Waals surface area contributed by atoms with E-state index in [4.69, 9.17) is 14.2 Å². The molecular weight excluding hydrogens is 648 g/mol. The highest BCUT2D eigenvalue weighted by Crippen LogP contribution is 2.37. The minimum absolute atomic E-state index is 0.164. The molecule has 4 aromatic rings. The number of rotatable bonds is 10. The van der Waals surface area contributed by atoms with Gasteiger partial charge in [0.1, 0.15) is 19.0 Å². The summed E-state index contributed by atoms with van der Waals surface area (Å²) in [6.45, 7) is 5.09. The molecule has 5 rings (SSSR count). The highest BCUT2D eigenvalue weighted by atomic mass is 79.9. The summed E-state index contributed by atoms with van der Waals surface area (Å²) in [5.41, 5.74) is 4.79. The van der Waals surface area contributed by atoms with E-state index in [1.165, 1.54) is 5.01 Å². The first-order valence-electron chi connectivity index (χ1n) is 13.1. The zero-order valence-corrected chi connectivity index (χ0v) is 25.8. The Morgan fingerprint density at radius 2 is 1.44 bits per heavy atom. The lowest BCUT2D eigenvalue weighted by Crippen LogP contribution is -2.21. The predicted molar refractivity (Wildman–Crippen MR) is 170 cm³/mol. The molecule has 8 heteroatoms. The van der Waals surface area contributed by atoms with Gasteiger partial charge in [-0.15, -0.1) is 0 Å². The van der Waals surface area contributed by atoms with Crippen LogP contribution in [-0.2, 0) is 18.0 Å². The molecule has 0 aromatic heterocycles. The minimum atomic E-state index is -0.164. The SMILES string of the molecule is CCOc1cc(COc2c(Br)cc(/C=C3\C(=O)N(c4ccccc4)N=C3C)cc2Br)ccc1OCc1ccccc1. The average molecular weight is 676 g/mol. The van der Waals surface area contributed by atoms with Gasteiger partial charge in [0.05, 0.1) is 32.5 Å². The van der Waals surface area contributed by atoms with Gasteiger partial charge >= 0.3 is 0 Å². The maximum Gasteiger partial charge on any atom is 0.280 e. The number of anilines is 1. The van der Waals surface area contributed by atoms with E-state index in [1.807, 2.05) is 111 Å². The van der Waals surface area contributed by atoms with Crippen LogP contribution in [0.3, 0.4) is 0 Å². The highest BCUT2D eigenvalue weighted by molar-refractivity contribution is 9.11. The third kappa shape index (κ3) is 6.89. The van der Waals surface area contributed by atoms with Crippen molar-refractivity contribution in [2.24, 2.45) is 5.10 Å². The number of hydrogen-bond donors (Lipinski definition) is 0. The zero-order valence-electron chi connectivity index (χ0n) is 22.6. The number of carbonyl (C=O) groups excluding carboxylic acids is 1. The molecule has 0 saturated heterocycles. The lowest BCUT2D eigenvalue weighted by Gasteiger charge is -2.15. The number of nitrogens with zero attached hydrogens (tertiary/aromatic N) is 2. The fourth-order valence-corrected chi connectivity index (χ4v) is 5.77. The third-order valence-corrected chi connectivity index (χ3v) is 7.50. The van der Waals surface area contributed by atoms with E-state index in [-0.39, 0.29) is 5.91 Å². The Kier molecular flexibility index (Phi) is 9.21. The molecule has 0 bridgehead atoms. The van der Waals surface area contributed by atoms with Crippen LogP contribution in [-0.4, -0.2) is 18.2 Å². The molecule has 41 heavy (non-hydrogen) atoms. The summed E-state index contributed by atoms with van der Waals surface area (Å²) >= 11 is 7.28. The molecule has 0 spiro atoms. The monoisotopic (exact) mass is 674 g/mol. The number of benzene rings is 4. The van der Waals surface area contributed by atoms with Crippen molar-refractivity contribution >= 4 is 55.2 Å². The molecule has 6 nitrogen and oxygen atoms in total. The number of para-hydroxylation sites is 1. The number of amides is 1. The minimum Gasteiger partial charge on any atom is -0.490 e. The third-order valence-electron chi connectivity index (χ3n) is 6.32. The molecule has 0 N–H and O–H groups in total. The largest absolute Gasteiger partial charge is 0.490 e. The van der Waals surface area contributed by atoms with Crippen molar-refractivity contribution in [3.63, 3.8) is 0 Å². The van der Waals surface area contributed by atoms with Crippen molar-refractivity contribution in [3.05, 3.63) is 122 Å². The van der Waals surface area contributed by atoms with E-state index in [9.17, 15) is 4.79 Å². The van der Waals surface area contributed by atoms with Crippen LogP contribution >= 0.6 is 31.9 Å². The van der Waals surface area contributed by atoms with Crippen molar-refractivity contribution < 1.29 is 19.0 Å². The van der Waals surface area contributed by atoms with Gasteiger partial charge < -0.3 is 14.2 Å². The standard InChI is InChI=1S/C33H28Br2N2O4/c1-3-39-31-19-24(14-15-30(31)40-20-23-10-6-4-7-11-23)21-41-32-28(34)17-25(18-29(32)35)16-27-22(2)36-37(33(27)38)26-12-8-5-9-13-26/h4-19H,3,20-21H2,1-2H3/b27-16-. The first-order chi connectivity index (χ1) is 19.9. The number of ether oxygens (including phenoxy) is 3. The molecule has 1 amide bonds. The summed E-state index contributed by atoms with van der Waals surface area (Å²) in [5, 5.41) is 5.89. The summed E-state index contributed by atoms with van der Waals surface area (Å²) in [6.07, 6.45) is 1.84. The molecule has 4 aromatic carbocycles. The van der Waals surface area contributed by atoms with Gasteiger partial charge in [-0.3, -0.25) is 4.79 Å². The van der Waals surface area contributed by atoms with E-state index >= 15 is 0 Å². The van der Waals surface area contributed by atoms with Crippen molar-refractivity contribution in [3.8, 4) is 17.2 Å². The highest BCUT2D eigenvalue weighted by Gasteiger charge is 2.28. The van der Waals surface area contributed by atoms with Crippen molar-refractivity contribution in [2.75, 3.05) is 11.6 Å². The fraction of sp³-hybridized carbons (Fsp3) is 0.152. The molecule has 0 atom stereocenters. The van der Waals surface area contributed by atoms with Gasteiger partial charge in [-0.1, -0.05) is 54.6 Å². The normalized spacial score (nSPS) is 13.9. The summed E-state index contributed by atoms with van der Waals surface area (Å²) in [7, 11) is 0. The van der Waals surface area contributed by atoms with Gasteiger partial charge in [0.15, 0.2) is 11.5 Å². The molecule has 1 heterocycles. The number of hydrazone groups is 1. The Labute approximate surface area is 256 Å².